The van der Waals surface area contributed by atoms with E-state index in [2.05, 4.69) is 13.8 Å². The summed E-state index contributed by atoms with van der Waals surface area (Å²) < 4.78 is 6.91. The fourth-order valence-electron chi connectivity index (χ4n) is 3.77. The number of hydrogen-bond donors (Lipinski definition) is 0. The van der Waals surface area contributed by atoms with Gasteiger partial charge in [-0.3, -0.25) is 4.79 Å². The van der Waals surface area contributed by atoms with Gasteiger partial charge in [0.2, 0.25) is 0 Å². The Hall–Kier alpha value is -1.78. The Morgan fingerprint density at radius 1 is 1.17 bits per heavy atom. The molecule has 0 aromatic carbocycles. The highest BCUT2D eigenvalue weighted by Gasteiger charge is 2.31. The molecule has 5 heteroatoms. The predicted molar refractivity (Wildman–Crippen MR) is 89.7 cm³/mol. The molecule has 1 aromatic rings. The number of aromatic nitrogens is 1. The number of carbonyl (C=O) groups excluding carboxylic acids is 2. The van der Waals surface area contributed by atoms with Gasteiger partial charge in [-0.05, 0) is 44.6 Å². The third kappa shape index (κ3) is 3.28. The van der Waals surface area contributed by atoms with Crippen molar-refractivity contribution in [2.24, 2.45) is 18.9 Å². The lowest BCUT2D eigenvalue weighted by molar-refractivity contribution is 0.0514. The van der Waals surface area contributed by atoms with Crippen LogP contribution in [0.4, 0.5) is 0 Å². The van der Waals surface area contributed by atoms with Crippen LogP contribution in [0.1, 0.15) is 59.3 Å². The highest BCUT2D eigenvalue weighted by Crippen LogP contribution is 2.27. The number of piperidine rings is 1. The number of likely N-dealkylation sites (tertiary alicyclic amines) is 1. The Kier molecular flexibility index (Phi) is 5.17. The Morgan fingerprint density at radius 3 is 2.26 bits per heavy atom. The van der Waals surface area contributed by atoms with Crippen LogP contribution in [0, 0.1) is 25.7 Å². The molecule has 2 unspecified atom stereocenters. The van der Waals surface area contributed by atoms with Crippen molar-refractivity contribution in [1.29, 1.82) is 0 Å². The van der Waals surface area contributed by atoms with Gasteiger partial charge >= 0.3 is 5.97 Å². The highest BCUT2D eigenvalue weighted by molar-refractivity contribution is 6.01. The standard InChI is InChI=1S/C18H28N2O3/c1-7-23-18(22)16-13(4)15(14(5)19(16)6)17(21)20-9-11(2)8-12(3)10-20/h11-12H,7-10H2,1-6H3. The third-order valence-corrected chi connectivity index (χ3v) is 4.77. The van der Waals surface area contributed by atoms with Gasteiger partial charge in [-0.2, -0.15) is 0 Å². The molecule has 2 atom stereocenters. The van der Waals surface area contributed by atoms with Gasteiger partial charge in [0, 0.05) is 25.8 Å². The summed E-state index contributed by atoms with van der Waals surface area (Å²) in [6, 6.07) is 0. The van der Waals surface area contributed by atoms with E-state index in [9.17, 15) is 9.59 Å². The predicted octanol–water partition coefficient (Wildman–Crippen LogP) is 2.94. The zero-order valence-electron chi connectivity index (χ0n) is 15.1. The van der Waals surface area contributed by atoms with E-state index in [1.807, 2.05) is 25.8 Å². The van der Waals surface area contributed by atoms with E-state index in [1.165, 1.54) is 0 Å². The van der Waals surface area contributed by atoms with Crippen molar-refractivity contribution >= 4 is 11.9 Å². The third-order valence-electron chi connectivity index (χ3n) is 4.77. The van der Waals surface area contributed by atoms with Gasteiger partial charge in [0.05, 0.1) is 12.2 Å². The van der Waals surface area contributed by atoms with Crippen molar-refractivity contribution < 1.29 is 14.3 Å². The lowest BCUT2D eigenvalue weighted by atomic mass is 9.91. The second-order valence-corrected chi connectivity index (χ2v) is 6.87. The molecule has 128 valence electrons. The molecule has 1 aliphatic rings. The zero-order chi connectivity index (χ0) is 17.3. The molecule has 23 heavy (non-hydrogen) atoms. The minimum atomic E-state index is -0.366. The summed E-state index contributed by atoms with van der Waals surface area (Å²) in [6.07, 6.45) is 1.16. The summed E-state index contributed by atoms with van der Waals surface area (Å²) >= 11 is 0. The summed E-state index contributed by atoms with van der Waals surface area (Å²) in [5.74, 6) is 0.688. The first-order valence-corrected chi connectivity index (χ1v) is 8.40. The van der Waals surface area contributed by atoms with E-state index in [1.54, 1.807) is 11.5 Å². The van der Waals surface area contributed by atoms with E-state index in [-0.39, 0.29) is 11.9 Å². The van der Waals surface area contributed by atoms with Crippen LogP contribution in [0.5, 0.6) is 0 Å². The Morgan fingerprint density at radius 2 is 1.74 bits per heavy atom. The van der Waals surface area contributed by atoms with Gasteiger partial charge in [0.1, 0.15) is 5.69 Å². The number of nitrogens with zero attached hydrogens (tertiary/aromatic N) is 2. The quantitative estimate of drug-likeness (QED) is 0.805. The van der Waals surface area contributed by atoms with Crippen LogP contribution in [-0.4, -0.2) is 41.0 Å². The van der Waals surface area contributed by atoms with Crippen molar-refractivity contribution in [2.45, 2.75) is 41.0 Å². The SMILES string of the molecule is CCOC(=O)c1c(C)c(C(=O)N2CC(C)CC(C)C2)c(C)n1C. The Bertz CT molecular complexity index is 608. The van der Waals surface area contributed by atoms with E-state index >= 15 is 0 Å². The molecule has 1 aromatic heterocycles. The van der Waals surface area contributed by atoms with Gasteiger partial charge in [0.25, 0.3) is 5.91 Å². The van der Waals surface area contributed by atoms with Gasteiger partial charge in [-0.15, -0.1) is 0 Å². The van der Waals surface area contributed by atoms with Gasteiger partial charge in [-0.25, -0.2) is 4.79 Å². The summed E-state index contributed by atoms with van der Waals surface area (Å²) in [5.41, 5.74) is 2.67. The summed E-state index contributed by atoms with van der Waals surface area (Å²) in [5, 5.41) is 0. The number of hydrogen-bond acceptors (Lipinski definition) is 3. The minimum Gasteiger partial charge on any atom is -0.461 e. The topological polar surface area (TPSA) is 51.5 Å². The molecule has 0 saturated carbocycles. The molecule has 0 spiro atoms. The van der Waals surface area contributed by atoms with Crippen LogP contribution in [0.2, 0.25) is 0 Å². The lowest BCUT2D eigenvalue weighted by Gasteiger charge is -2.35. The van der Waals surface area contributed by atoms with E-state index in [0.29, 0.717) is 29.7 Å². The Labute approximate surface area is 138 Å². The molecule has 0 radical (unpaired) electrons. The van der Waals surface area contributed by atoms with Crippen LogP contribution >= 0.6 is 0 Å². The normalized spacial score (nSPS) is 21.4. The number of esters is 1. The second kappa shape index (κ2) is 6.77. The maximum absolute atomic E-state index is 13.0. The van der Waals surface area contributed by atoms with Gasteiger partial charge in [0.15, 0.2) is 0 Å². The monoisotopic (exact) mass is 320 g/mol. The van der Waals surface area contributed by atoms with Crippen molar-refractivity contribution in [2.75, 3.05) is 19.7 Å². The molecule has 1 aliphatic heterocycles. The molecule has 5 nitrogen and oxygen atoms in total. The lowest BCUT2D eigenvalue weighted by Crippen LogP contribution is -2.42. The van der Waals surface area contributed by atoms with Crippen LogP contribution in [0.3, 0.4) is 0 Å². The molecule has 1 amide bonds. The maximum atomic E-state index is 13.0. The largest absolute Gasteiger partial charge is 0.461 e. The number of ether oxygens (including phenoxy) is 1. The molecule has 0 bridgehead atoms. The van der Waals surface area contributed by atoms with E-state index < -0.39 is 0 Å². The van der Waals surface area contributed by atoms with E-state index in [0.717, 1.165) is 30.8 Å². The number of rotatable bonds is 3. The van der Waals surface area contributed by atoms with Gasteiger partial charge < -0.3 is 14.2 Å². The summed E-state index contributed by atoms with van der Waals surface area (Å²) in [6.45, 7) is 11.8. The Balaban J connectivity index is 2.38. The fraction of sp³-hybridized carbons (Fsp3) is 0.667. The molecule has 2 rings (SSSR count). The van der Waals surface area contributed by atoms with Crippen molar-refractivity contribution in [3.63, 3.8) is 0 Å². The molecule has 2 heterocycles. The smallest absolute Gasteiger partial charge is 0.355 e. The highest BCUT2D eigenvalue weighted by atomic mass is 16.5. The van der Waals surface area contributed by atoms with Crippen LogP contribution in [-0.2, 0) is 11.8 Å². The average molecular weight is 320 g/mol. The number of amides is 1. The summed E-state index contributed by atoms with van der Waals surface area (Å²) in [4.78, 5) is 27.2. The van der Waals surface area contributed by atoms with Crippen LogP contribution in [0.15, 0.2) is 0 Å². The molecule has 1 fully saturated rings. The van der Waals surface area contributed by atoms with Crippen molar-refractivity contribution in [3.8, 4) is 0 Å². The molecular formula is C18H28N2O3. The zero-order valence-corrected chi connectivity index (χ0v) is 15.1. The first-order valence-electron chi connectivity index (χ1n) is 8.40. The maximum Gasteiger partial charge on any atom is 0.355 e. The molecular weight excluding hydrogens is 292 g/mol. The first-order chi connectivity index (χ1) is 10.8. The first kappa shape index (κ1) is 17.6. The van der Waals surface area contributed by atoms with Crippen LogP contribution in [0.25, 0.3) is 0 Å². The van der Waals surface area contributed by atoms with Crippen molar-refractivity contribution in [3.05, 3.63) is 22.5 Å². The van der Waals surface area contributed by atoms with E-state index in [4.69, 9.17) is 4.74 Å². The van der Waals surface area contributed by atoms with Crippen LogP contribution < -0.4 is 0 Å². The fourth-order valence-corrected chi connectivity index (χ4v) is 3.77. The minimum absolute atomic E-state index is 0.0320. The second-order valence-electron chi connectivity index (χ2n) is 6.87. The summed E-state index contributed by atoms with van der Waals surface area (Å²) in [7, 11) is 1.81. The average Bonchev–Trinajstić information content (AvgIpc) is 2.68. The molecule has 0 N–H and O–H groups in total. The number of carbonyl (C=O) groups is 2. The molecule has 0 aliphatic carbocycles. The molecule has 1 saturated heterocycles. The van der Waals surface area contributed by atoms with Crippen molar-refractivity contribution in [1.82, 2.24) is 9.47 Å². The van der Waals surface area contributed by atoms with Gasteiger partial charge in [-0.1, -0.05) is 13.8 Å².